The molecule has 0 saturated carbocycles. The normalized spacial score (nSPS) is 10.8. The van der Waals surface area contributed by atoms with Gasteiger partial charge in [0.2, 0.25) is 0 Å². The van der Waals surface area contributed by atoms with Gasteiger partial charge in [0.1, 0.15) is 11.4 Å². The van der Waals surface area contributed by atoms with Crippen LogP contribution in [0.5, 0.6) is 5.75 Å². The molecule has 3 heteroatoms. The van der Waals surface area contributed by atoms with Gasteiger partial charge < -0.3 is 9.47 Å². The number of rotatable bonds is 4. The molecule has 0 saturated heterocycles. The van der Waals surface area contributed by atoms with E-state index in [1.807, 2.05) is 32.9 Å². The quantitative estimate of drug-likeness (QED) is 0.582. The van der Waals surface area contributed by atoms with Gasteiger partial charge in [-0.05, 0) is 26.3 Å². The molecule has 3 nitrogen and oxygen atoms in total. The summed E-state index contributed by atoms with van der Waals surface area (Å²) in [5.41, 5.74) is 0.249. The fourth-order valence-electron chi connectivity index (χ4n) is 1.15. The molecule has 17 heavy (non-hydrogen) atoms. The monoisotopic (exact) mass is 234 g/mol. The smallest absolute Gasteiger partial charge is 0.428 e. The standard InChI is InChI=1S/C14H18O3/c1-5-11-9-7-8-10-12(11)16-13(15)17-14(3,4)6-2/h5,7-10H,1,6H2,2-4H3. The van der Waals surface area contributed by atoms with Crippen molar-refractivity contribution >= 4 is 12.2 Å². The van der Waals surface area contributed by atoms with E-state index in [0.29, 0.717) is 5.75 Å². The van der Waals surface area contributed by atoms with Crippen LogP contribution in [0.15, 0.2) is 30.8 Å². The van der Waals surface area contributed by atoms with Crippen molar-refractivity contribution in [3.8, 4) is 5.75 Å². The highest BCUT2D eigenvalue weighted by Gasteiger charge is 2.22. The summed E-state index contributed by atoms with van der Waals surface area (Å²) in [5, 5.41) is 0. The maximum atomic E-state index is 11.6. The molecule has 0 radical (unpaired) electrons. The molecule has 0 amide bonds. The van der Waals surface area contributed by atoms with Crippen molar-refractivity contribution < 1.29 is 14.3 Å². The van der Waals surface area contributed by atoms with Crippen LogP contribution in [0.25, 0.3) is 6.08 Å². The maximum absolute atomic E-state index is 11.6. The van der Waals surface area contributed by atoms with Gasteiger partial charge in [0, 0.05) is 5.56 Å². The summed E-state index contributed by atoms with van der Waals surface area (Å²) < 4.78 is 10.3. The summed E-state index contributed by atoms with van der Waals surface area (Å²) in [6.45, 7) is 9.29. The first-order valence-electron chi connectivity index (χ1n) is 5.61. The van der Waals surface area contributed by atoms with Gasteiger partial charge in [0.05, 0.1) is 0 Å². The average Bonchev–Trinajstić information content (AvgIpc) is 2.29. The largest absolute Gasteiger partial charge is 0.514 e. The van der Waals surface area contributed by atoms with Gasteiger partial charge in [-0.15, -0.1) is 0 Å². The SMILES string of the molecule is C=Cc1ccccc1OC(=O)OC(C)(C)CC. The molecule has 0 unspecified atom stereocenters. The van der Waals surface area contributed by atoms with Crippen molar-refractivity contribution in [1.29, 1.82) is 0 Å². The molecular formula is C14H18O3. The second-order valence-electron chi connectivity index (χ2n) is 4.31. The highest BCUT2D eigenvalue weighted by molar-refractivity contribution is 5.67. The second-order valence-corrected chi connectivity index (χ2v) is 4.31. The molecule has 0 atom stereocenters. The lowest BCUT2D eigenvalue weighted by atomic mass is 10.1. The van der Waals surface area contributed by atoms with E-state index in [4.69, 9.17) is 9.47 Å². The van der Waals surface area contributed by atoms with E-state index in [0.717, 1.165) is 12.0 Å². The Balaban J connectivity index is 2.71. The fourth-order valence-corrected chi connectivity index (χ4v) is 1.15. The van der Waals surface area contributed by atoms with Crippen LogP contribution in [0, 0.1) is 0 Å². The summed E-state index contributed by atoms with van der Waals surface area (Å²) in [5.74, 6) is 0.458. The Morgan fingerprint density at radius 2 is 2.06 bits per heavy atom. The van der Waals surface area contributed by atoms with Crippen molar-refractivity contribution in [2.75, 3.05) is 0 Å². The van der Waals surface area contributed by atoms with Gasteiger partial charge in [-0.1, -0.05) is 37.8 Å². The minimum absolute atomic E-state index is 0.458. The average molecular weight is 234 g/mol. The summed E-state index contributed by atoms with van der Waals surface area (Å²) in [6, 6.07) is 7.17. The Labute approximate surface area is 102 Å². The van der Waals surface area contributed by atoms with E-state index in [1.165, 1.54) is 0 Å². The fraction of sp³-hybridized carbons (Fsp3) is 0.357. The van der Waals surface area contributed by atoms with Crippen LogP contribution in [-0.4, -0.2) is 11.8 Å². The van der Waals surface area contributed by atoms with E-state index in [1.54, 1.807) is 18.2 Å². The highest BCUT2D eigenvalue weighted by Crippen LogP contribution is 2.21. The first-order valence-corrected chi connectivity index (χ1v) is 5.61. The molecule has 0 fully saturated rings. The van der Waals surface area contributed by atoms with Crippen LogP contribution < -0.4 is 4.74 Å². The predicted molar refractivity (Wildman–Crippen MR) is 68.0 cm³/mol. The molecule has 0 aliphatic heterocycles. The molecule has 1 rings (SSSR count). The Morgan fingerprint density at radius 3 is 2.65 bits per heavy atom. The van der Waals surface area contributed by atoms with Crippen molar-refractivity contribution in [2.24, 2.45) is 0 Å². The third-order valence-corrected chi connectivity index (χ3v) is 2.54. The van der Waals surface area contributed by atoms with Gasteiger partial charge in [0.15, 0.2) is 0 Å². The van der Waals surface area contributed by atoms with Gasteiger partial charge >= 0.3 is 6.16 Å². The van der Waals surface area contributed by atoms with E-state index < -0.39 is 11.8 Å². The molecule has 0 spiro atoms. The zero-order valence-corrected chi connectivity index (χ0v) is 10.5. The number of benzene rings is 1. The van der Waals surface area contributed by atoms with E-state index in [2.05, 4.69) is 6.58 Å². The summed E-state index contributed by atoms with van der Waals surface area (Å²) in [4.78, 5) is 11.6. The van der Waals surface area contributed by atoms with Crippen LogP contribution in [-0.2, 0) is 4.74 Å². The van der Waals surface area contributed by atoms with Gasteiger partial charge in [-0.25, -0.2) is 4.79 Å². The highest BCUT2D eigenvalue weighted by atomic mass is 16.7. The Bertz CT molecular complexity index is 408. The predicted octanol–water partition coefficient (Wildman–Crippen LogP) is 4.03. The van der Waals surface area contributed by atoms with Gasteiger partial charge in [-0.3, -0.25) is 0 Å². The van der Waals surface area contributed by atoms with E-state index in [-0.39, 0.29) is 0 Å². The number of ether oxygens (including phenoxy) is 2. The minimum atomic E-state index is -0.689. The topological polar surface area (TPSA) is 35.5 Å². The van der Waals surface area contributed by atoms with Crippen LogP contribution in [0.4, 0.5) is 4.79 Å². The number of hydrogen-bond donors (Lipinski definition) is 0. The number of hydrogen-bond acceptors (Lipinski definition) is 3. The Morgan fingerprint density at radius 1 is 1.41 bits per heavy atom. The lowest BCUT2D eigenvalue weighted by Crippen LogP contribution is -2.28. The molecule has 0 N–H and O–H groups in total. The first kappa shape index (κ1) is 13.3. The zero-order chi connectivity index (χ0) is 12.9. The molecule has 92 valence electrons. The third kappa shape index (κ3) is 3.94. The molecule has 0 aliphatic rings. The number of para-hydroxylation sites is 1. The lowest BCUT2D eigenvalue weighted by molar-refractivity contribution is 0.00702. The number of carbonyl (C=O) groups excluding carboxylic acids is 1. The third-order valence-electron chi connectivity index (χ3n) is 2.54. The lowest BCUT2D eigenvalue weighted by Gasteiger charge is -2.22. The van der Waals surface area contributed by atoms with E-state index in [9.17, 15) is 4.79 Å². The van der Waals surface area contributed by atoms with Crippen molar-refractivity contribution in [2.45, 2.75) is 32.8 Å². The van der Waals surface area contributed by atoms with E-state index >= 15 is 0 Å². The molecular weight excluding hydrogens is 216 g/mol. The van der Waals surface area contributed by atoms with Crippen LogP contribution >= 0.6 is 0 Å². The Hall–Kier alpha value is -1.77. The maximum Gasteiger partial charge on any atom is 0.514 e. The summed E-state index contributed by atoms with van der Waals surface area (Å²) in [7, 11) is 0. The van der Waals surface area contributed by atoms with Crippen LogP contribution in [0.3, 0.4) is 0 Å². The minimum Gasteiger partial charge on any atom is -0.428 e. The van der Waals surface area contributed by atoms with Crippen molar-refractivity contribution in [3.05, 3.63) is 36.4 Å². The molecule has 0 aliphatic carbocycles. The number of carbonyl (C=O) groups is 1. The van der Waals surface area contributed by atoms with Crippen LogP contribution in [0.1, 0.15) is 32.8 Å². The summed E-state index contributed by atoms with van der Waals surface area (Å²) >= 11 is 0. The molecule has 1 aromatic carbocycles. The summed E-state index contributed by atoms with van der Waals surface area (Å²) in [6.07, 6.45) is 1.67. The molecule has 0 heterocycles. The van der Waals surface area contributed by atoms with Gasteiger partial charge in [-0.2, -0.15) is 0 Å². The van der Waals surface area contributed by atoms with Crippen molar-refractivity contribution in [3.63, 3.8) is 0 Å². The zero-order valence-electron chi connectivity index (χ0n) is 10.5. The first-order chi connectivity index (χ1) is 7.98. The van der Waals surface area contributed by atoms with Crippen molar-refractivity contribution in [1.82, 2.24) is 0 Å². The molecule has 0 aromatic heterocycles. The Kier molecular flexibility index (Phi) is 4.32. The molecule has 0 bridgehead atoms. The second kappa shape index (κ2) is 5.53. The molecule has 1 aromatic rings. The van der Waals surface area contributed by atoms with Gasteiger partial charge in [0.25, 0.3) is 0 Å². The van der Waals surface area contributed by atoms with Crippen LogP contribution in [0.2, 0.25) is 0 Å².